The molecule has 0 aliphatic carbocycles. The number of halogens is 2. The predicted molar refractivity (Wildman–Crippen MR) is 183 cm³/mol. The molecular weight excluding hydrogens is 702 g/mol. The van der Waals surface area contributed by atoms with Gasteiger partial charge in [0.05, 0.1) is 22.7 Å². The zero-order valence-electron chi connectivity index (χ0n) is 26.8. The minimum Gasteiger partial charge on any atom is -0.455 e. The Balaban J connectivity index is 1.48. The third-order valence-electron chi connectivity index (χ3n) is 9.67. The average molecular weight is 741 g/mol. The minimum absolute atomic E-state index is 0.0699. The quantitative estimate of drug-likeness (QED) is 0.249. The number of amides is 3. The smallest absolute Gasteiger partial charge is 0.313 e. The van der Waals surface area contributed by atoms with Crippen LogP contribution in [0.2, 0.25) is 5.02 Å². The van der Waals surface area contributed by atoms with Crippen molar-refractivity contribution in [2.75, 3.05) is 24.6 Å². The first-order valence-electron chi connectivity index (χ1n) is 16.3. The van der Waals surface area contributed by atoms with E-state index in [1.807, 2.05) is 55.5 Å². The number of cyclic esters (lactones) is 1. The molecule has 2 aromatic rings. The summed E-state index contributed by atoms with van der Waals surface area (Å²) in [5, 5.41) is 12.9. The third-order valence-corrected chi connectivity index (χ3v) is 10.7. The summed E-state index contributed by atoms with van der Waals surface area (Å²) in [5.74, 6) is -3.79. The first-order chi connectivity index (χ1) is 23.1. The maximum absolute atomic E-state index is 15.0. The first-order valence-corrected chi connectivity index (χ1v) is 17.5. The highest BCUT2D eigenvalue weighted by Crippen LogP contribution is 2.59. The lowest BCUT2D eigenvalue weighted by Crippen LogP contribution is -2.56. The SMILES string of the molecule is Cc1cccc(Cl)c1N1C/C=C\CCC(=O)N[C@@H](C)[C@H](c2ccccc2)OC(=O)[C@H]2[C@@H]3O[C@@]4(C=C3Br)[C@@H]2C(=O)N(CCCCO)[C@@H]4C1=O. The third kappa shape index (κ3) is 6.10. The topological polar surface area (TPSA) is 125 Å². The van der Waals surface area contributed by atoms with Crippen molar-refractivity contribution in [3.05, 3.63) is 87.4 Å². The van der Waals surface area contributed by atoms with E-state index in [9.17, 15) is 19.5 Å². The molecule has 0 saturated carbocycles. The maximum atomic E-state index is 15.0. The van der Waals surface area contributed by atoms with Gasteiger partial charge in [0.1, 0.15) is 29.8 Å². The van der Waals surface area contributed by atoms with E-state index in [1.54, 1.807) is 30.0 Å². The molecular formula is C36H39BrClN3O7. The van der Waals surface area contributed by atoms with Crippen LogP contribution in [0.1, 0.15) is 49.8 Å². The number of anilines is 1. The number of allylic oxidation sites excluding steroid dienone is 1. The number of ether oxygens (including phenoxy) is 2. The van der Waals surface area contributed by atoms with E-state index in [2.05, 4.69) is 21.2 Å². The number of aliphatic hydroxyl groups is 1. The normalized spacial score (nSPS) is 31.4. The lowest BCUT2D eigenvalue weighted by Gasteiger charge is -2.36. The van der Waals surface area contributed by atoms with Crippen LogP contribution >= 0.6 is 27.5 Å². The number of hydrogen-bond acceptors (Lipinski definition) is 7. The van der Waals surface area contributed by atoms with Crippen molar-refractivity contribution in [3.8, 4) is 0 Å². The number of nitrogens with one attached hydrogen (secondary N) is 1. The van der Waals surface area contributed by atoms with E-state index < -0.39 is 59.5 Å². The Labute approximate surface area is 293 Å². The molecule has 10 nitrogen and oxygen atoms in total. The molecule has 7 atom stereocenters. The summed E-state index contributed by atoms with van der Waals surface area (Å²) in [6, 6.07) is 12.8. The minimum atomic E-state index is -1.46. The van der Waals surface area contributed by atoms with Crippen molar-refractivity contribution >= 4 is 56.9 Å². The van der Waals surface area contributed by atoms with Gasteiger partial charge in [-0.05, 0) is 56.4 Å². The molecule has 48 heavy (non-hydrogen) atoms. The van der Waals surface area contributed by atoms with Crippen molar-refractivity contribution in [2.24, 2.45) is 11.8 Å². The summed E-state index contributed by atoms with van der Waals surface area (Å²) >= 11 is 10.3. The highest BCUT2D eigenvalue weighted by molar-refractivity contribution is 9.11. The van der Waals surface area contributed by atoms with Crippen molar-refractivity contribution in [2.45, 2.75) is 69.4 Å². The Morgan fingerprint density at radius 2 is 1.79 bits per heavy atom. The van der Waals surface area contributed by atoms with Crippen LogP contribution in [0.3, 0.4) is 0 Å². The monoisotopic (exact) mass is 739 g/mol. The molecule has 3 amide bonds. The van der Waals surface area contributed by atoms with E-state index in [4.69, 9.17) is 21.1 Å². The van der Waals surface area contributed by atoms with Gasteiger partial charge in [0.15, 0.2) is 0 Å². The van der Waals surface area contributed by atoms with Crippen molar-refractivity contribution in [3.63, 3.8) is 0 Å². The zero-order valence-corrected chi connectivity index (χ0v) is 29.2. The fraction of sp³-hybridized carbons (Fsp3) is 0.444. The molecule has 2 saturated heterocycles. The van der Waals surface area contributed by atoms with Crippen LogP contribution in [-0.4, -0.2) is 77.2 Å². The largest absolute Gasteiger partial charge is 0.455 e. The summed E-state index contributed by atoms with van der Waals surface area (Å²) in [4.78, 5) is 60.0. The van der Waals surface area contributed by atoms with Gasteiger partial charge < -0.3 is 29.7 Å². The van der Waals surface area contributed by atoms with Gasteiger partial charge in [0.25, 0.3) is 5.91 Å². The Morgan fingerprint density at radius 3 is 2.52 bits per heavy atom. The molecule has 0 aromatic heterocycles. The van der Waals surface area contributed by atoms with Gasteiger partial charge in [-0.3, -0.25) is 19.2 Å². The van der Waals surface area contributed by atoms with E-state index in [0.29, 0.717) is 40.0 Å². The van der Waals surface area contributed by atoms with E-state index in [0.717, 1.165) is 5.56 Å². The van der Waals surface area contributed by atoms with Gasteiger partial charge in [-0.25, -0.2) is 0 Å². The molecule has 2 aromatic carbocycles. The molecule has 6 rings (SSSR count). The first kappa shape index (κ1) is 34.4. The van der Waals surface area contributed by atoms with Gasteiger partial charge in [-0.1, -0.05) is 82.1 Å². The second kappa shape index (κ2) is 14.2. The van der Waals surface area contributed by atoms with Crippen LogP contribution in [0, 0.1) is 18.8 Å². The number of benzene rings is 2. The van der Waals surface area contributed by atoms with Crippen LogP contribution in [0.15, 0.2) is 71.2 Å². The Hall–Kier alpha value is -3.51. The van der Waals surface area contributed by atoms with Crippen LogP contribution in [-0.2, 0) is 28.7 Å². The van der Waals surface area contributed by atoms with Gasteiger partial charge >= 0.3 is 5.97 Å². The number of nitrogens with zero attached hydrogens (tertiary/aromatic N) is 2. The summed E-state index contributed by atoms with van der Waals surface area (Å²) in [5.41, 5.74) is 0.481. The second-order valence-corrected chi connectivity index (χ2v) is 14.1. The number of para-hydroxylation sites is 1. The van der Waals surface area contributed by atoms with Crippen LogP contribution in [0.4, 0.5) is 5.69 Å². The molecule has 0 unspecified atom stereocenters. The number of aryl methyl sites for hydroxylation is 1. The molecule has 4 heterocycles. The lowest BCUT2D eigenvalue weighted by atomic mass is 9.74. The van der Waals surface area contributed by atoms with E-state index in [-0.39, 0.29) is 32.0 Å². The fourth-order valence-corrected chi connectivity index (χ4v) is 8.58. The summed E-state index contributed by atoms with van der Waals surface area (Å²) in [6.07, 6.45) is 5.18. The molecule has 254 valence electrons. The van der Waals surface area contributed by atoms with Gasteiger partial charge in [-0.15, -0.1) is 0 Å². The molecule has 0 radical (unpaired) electrons. The summed E-state index contributed by atoms with van der Waals surface area (Å²) in [6.45, 7) is 3.86. The van der Waals surface area contributed by atoms with Crippen molar-refractivity contribution in [1.29, 1.82) is 0 Å². The van der Waals surface area contributed by atoms with Crippen LogP contribution in [0.25, 0.3) is 0 Å². The van der Waals surface area contributed by atoms with Gasteiger partial charge in [0.2, 0.25) is 11.8 Å². The molecule has 2 fully saturated rings. The molecule has 4 aliphatic heterocycles. The molecule has 5 bridgehead atoms. The maximum Gasteiger partial charge on any atom is 0.313 e. The zero-order chi connectivity index (χ0) is 34.2. The summed E-state index contributed by atoms with van der Waals surface area (Å²) in [7, 11) is 0. The number of rotatable bonds is 6. The molecule has 2 N–H and O–H groups in total. The number of fused-ring (bicyclic) bond motifs is 2. The standard InChI is InChI=1S/C36H39BrClN3O7/c1-21-12-11-15-25(38)29(21)40-17-8-4-7-16-26(43)39-22(2)30(23-13-5-3-6-14-23)47-35(46)27-28-33(44)41(18-9-10-19-42)32(34(40)45)36(28)20-24(37)31(27)48-36/h3-6,8,11-15,20,22,27-28,30-32,42H,7,9-10,16-19H2,1-2H3,(H,39,43)/b8-4-/t22-,27+,28-,30+,31+,32+,36-/m0/s1. The Bertz CT molecular complexity index is 1630. The second-order valence-electron chi connectivity index (χ2n) is 12.8. The molecule has 12 heteroatoms. The number of unbranched alkanes of at least 4 members (excludes halogenated alkanes) is 1. The number of aliphatic hydroxyl groups excluding tert-OH is 1. The lowest BCUT2D eigenvalue weighted by molar-refractivity contribution is -0.161. The number of hydrogen-bond donors (Lipinski definition) is 2. The number of esters is 1. The predicted octanol–water partition coefficient (Wildman–Crippen LogP) is 4.77. The number of likely N-dealkylation sites (tertiary alicyclic amines) is 1. The van der Waals surface area contributed by atoms with E-state index in [1.165, 1.54) is 4.90 Å². The summed E-state index contributed by atoms with van der Waals surface area (Å²) < 4.78 is 13.4. The Kier molecular flexibility index (Phi) is 10.1. The van der Waals surface area contributed by atoms with Gasteiger partial charge in [0, 0.05) is 30.6 Å². The molecule has 1 spiro atoms. The van der Waals surface area contributed by atoms with Crippen LogP contribution < -0.4 is 10.2 Å². The highest BCUT2D eigenvalue weighted by atomic mass is 79.9. The van der Waals surface area contributed by atoms with Gasteiger partial charge in [-0.2, -0.15) is 0 Å². The Morgan fingerprint density at radius 1 is 1.02 bits per heavy atom. The molecule has 4 aliphatic rings. The van der Waals surface area contributed by atoms with Crippen molar-refractivity contribution < 1.29 is 33.8 Å². The highest BCUT2D eigenvalue weighted by Gasteiger charge is 2.75. The number of carbonyl (C=O) groups excluding carboxylic acids is 4. The average Bonchev–Trinajstić information content (AvgIpc) is 3.65. The van der Waals surface area contributed by atoms with Crippen LogP contribution in [0.5, 0.6) is 0 Å². The van der Waals surface area contributed by atoms with E-state index >= 15 is 4.79 Å². The van der Waals surface area contributed by atoms with Crippen molar-refractivity contribution in [1.82, 2.24) is 10.2 Å². The fourth-order valence-electron chi connectivity index (χ4n) is 7.52. The number of carbonyl (C=O) groups is 4.